The largest absolute Gasteiger partial charge is 0.445 e. The van der Waals surface area contributed by atoms with Crippen LogP contribution < -0.4 is 5.32 Å². The van der Waals surface area contributed by atoms with E-state index in [1.165, 1.54) is 12.8 Å². The molecule has 3 aliphatic heterocycles. The molecule has 2 aromatic heterocycles. The smallest absolute Gasteiger partial charge is 0.272 e. The molecular weight excluding hydrogens is 342 g/mol. The summed E-state index contributed by atoms with van der Waals surface area (Å²) in [6.45, 7) is 6.00. The molecule has 6 rings (SSSR count). The topological polar surface area (TPSA) is 76.2 Å². The number of oxazole rings is 1. The maximum Gasteiger partial charge on any atom is 0.272 e. The highest BCUT2D eigenvalue weighted by Gasteiger charge is 2.35. The highest BCUT2D eigenvalue weighted by atomic mass is 16.3. The minimum absolute atomic E-state index is 0.0742. The van der Waals surface area contributed by atoms with Crippen molar-refractivity contribution in [3.05, 3.63) is 36.4 Å². The third-order valence-electron chi connectivity index (χ3n) is 5.92. The number of aromatic nitrogens is 3. The van der Waals surface area contributed by atoms with Crippen LogP contribution in [0.3, 0.4) is 0 Å². The normalized spacial score (nSPS) is 24.4. The van der Waals surface area contributed by atoms with Crippen LogP contribution in [-0.4, -0.2) is 51.2 Å². The van der Waals surface area contributed by atoms with Gasteiger partial charge in [-0.05, 0) is 57.0 Å². The second kappa shape index (κ2) is 6.49. The van der Waals surface area contributed by atoms with Gasteiger partial charge in [-0.1, -0.05) is 0 Å². The van der Waals surface area contributed by atoms with Crippen LogP contribution in [0.5, 0.6) is 0 Å². The minimum atomic E-state index is -0.0742. The molecule has 3 aromatic rings. The zero-order valence-electron chi connectivity index (χ0n) is 15.4. The SMILES string of the molecule is CCn1nc(C(=O)N[C@@H]2CN3CCC2CC3)c2ccc(-c3ncco3)cc21. The first-order chi connectivity index (χ1) is 13.2. The first-order valence-electron chi connectivity index (χ1n) is 9.66. The lowest BCUT2D eigenvalue weighted by Crippen LogP contribution is -2.57. The van der Waals surface area contributed by atoms with Crippen LogP contribution in [0.1, 0.15) is 30.3 Å². The number of rotatable bonds is 4. The van der Waals surface area contributed by atoms with Gasteiger partial charge in [0.15, 0.2) is 5.69 Å². The molecule has 1 N–H and O–H groups in total. The van der Waals surface area contributed by atoms with Crippen molar-refractivity contribution in [3.8, 4) is 11.5 Å². The molecule has 3 aliphatic rings. The van der Waals surface area contributed by atoms with Gasteiger partial charge in [-0.15, -0.1) is 0 Å². The lowest BCUT2D eigenvalue weighted by molar-refractivity contribution is 0.0618. The molecule has 3 fully saturated rings. The zero-order chi connectivity index (χ0) is 18.4. The van der Waals surface area contributed by atoms with Crippen LogP contribution in [0.15, 0.2) is 35.1 Å². The van der Waals surface area contributed by atoms with Crippen LogP contribution in [0, 0.1) is 5.92 Å². The average molecular weight is 365 g/mol. The van der Waals surface area contributed by atoms with Gasteiger partial charge < -0.3 is 14.6 Å². The standard InChI is InChI=1S/C20H23N5O2/c1-2-25-17-11-14(20-21-7-10-27-20)3-4-15(17)18(23-25)19(26)22-16-12-24-8-5-13(16)6-9-24/h3-4,7,10-11,13,16H,2,5-6,8-9,12H2,1H3,(H,22,26)/t16-/m1/s1. The first-order valence-corrected chi connectivity index (χ1v) is 9.66. The van der Waals surface area contributed by atoms with Gasteiger partial charge in [0, 0.05) is 30.1 Å². The zero-order valence-corrected chi connectivity index (χ0v) is 15.4. The van der Waals surface area contributed by atoms with E-state index in [-0.39, 0.29) is 11.9 Å². The van der Waals surface area contributed by atoms with Crippen molar-refractivity contribution in [2.75, 3.05) is 19.6 Å². The summed E-state index contributed by atoms with van der Waals surface area (Å²) in [6.07, 6.45) is 5.54. The number of hydrogen-bond donors (Lipinski definition) is 1. The molecular formula is C20H23N5O2. The van der Waals surface area contributed by atoms with E-state index in [1.54, 1.807) is 12.5 Å². The Kier molecular flexibility index (Phi) is 3.97. The van der Waals surface area contributed by atoms with Crippen molar-refractivity contribution >= 4 is 16.8 Å². The molecule has 27 heavy (non-hydrogen) atoms. The Morgan fingerprint density at radius 2 is 2.19 bits per heavy atom. The third-order valence-corrected chi connectivity index (χ3v) is 5.92. The number of carbonyl (C=O) groups is 1. The summed E-state index contributed by atoms with van der Waals surface area (Å²) >= 11 is 0. The molecule has 3 saturated heterocycles. The monoisotopic (exact) mass is 365 g/mol. The van der Waals surface area contributed by atoms with E-state index in [0.29, 0.717) is 24.0 Å². The summed E-state index contributed by atoms with van der Waals surface area (Å²) in [5.41, 5.74) is 2.31. The minimum Gasteiger partial charge on any atom is -0.445 e. The summed E-state index contributed by atoms with van der Waals surface area (Å²) in [5.74, 6) is 1.09. The Bertz CT molecular complexity index is 970. The lowest BCUT2D eigenvalue weighted by atomic mass is 9.84. The van der Waals surface area contributed by atoms with Gasteiger partial charge in [0.05, 0.1) is 11.7 Å². The van der Waals surface area contributed by atoms with Crippen LogP contribution in [0.25, 0.3) is 22.4 Å². The predicted molar refractivity (Wildman–Crippen MR) is 101 cm³/mol. The predicted octanol–water partition coefficient (Wildman–Crippen LogP) is 2.54. The molecule has 7 heteroatoms. The van der Waals surface area contributed by atoms with E-state index in [4.69, 9.17) is 4.42 Å². The van der Waals surface area contributed by atoms with E-state index in [1.807, 2.05) is 29.8 Å². The Morgan fingerprint density at radius 1 is 1.33 bits per heavy atom. The van der Waals surface area contributed by atoms with Gasteiger partial charge in [-0.3, -0.25) is 9.48 Å². The molecule has 5 heterocycles. The molecule has 7 nitrogen and oxygen atoms in total. The molecule has 1 aromatic carbocycles. The summed E-state index contributed by atoms with van der Waals surface area (Å²) < 4.78 is 7.27. The van der Waals surface area contributed by atoms with Crippen LogP contribution in [0.4, 0.5) is 0 Å². The Balaban J connectivity index is 1.47. The van der Waals surface area contributed by atoms with Crippen LogP contribution >= 0.6 is 0 Å². The van der Waals surface area contributed by atoms with Crippen molar-refractivity contribution in [2.24, 2.45) is 5.92 Å². The van der Waals surface area contributed by atoms with Gasteiger partial charge in [-0.2, -0.15) is 5.10 Å². The molecule has 1 atom stereocenters. The number of piperidine rings is 3. The van der Waals surface area contributed by atoms with Gasteiger partial charge in [0.1, 0.15) is 6.26 Å². The first kappa shape index (κ1) is 16.5. The molecule has 2 bridgehead atoms. The van der Waals surface area contributed by atoms with E-state index in [2.05, 4.69) is 20.3 Å². The van der Waals surface area contributed by atoms with Crippen molar-refractivity contribution in [2.45, 2.75) is 32.4 Å². The second-order valence-corrected chi connectivity index (χ2v) is 7.45. The molecule has 140 valence electrons. The highest BCUT2D eigenvalue weighted by molar-refractivity contribution is 6.05. The third kappa shape index (κ3) is 2.82. The summed E-state index contributed by atoms with van der Waals surface area (Å²) in [6, 6.07) is 6.09. The quantitative estimate of drug-likeness (QED) is 0.769. The molecule has 0 spiro atoms. The maximum atomic E-state index is 13.0. The Morgan fingerprint density at radius 3 is 2.85 bits per heavy atom. The van der Waals surface area contributed by atoms with Gasteiger partial charge in [-0.25, -0.2) is 4.98 Å². The van der Waals surface area contributed by atoms with Gasteiger partial charge >= 0.3 is 0 Å². The number of benzene rings is 1. The van der Waals surface area contributed by atoms with E-state index in [9.17, 15) is 4.79 Å². The average Bonchev–Trinajstić information content (AvgIpc) is 3.36. The van der Waals surface area contributed by atoms with E-state index >= 15 is 0 Å². The number of nitrogens with zero attached hydrogens (tertiary/aromatic N) is 4. The van der Waals surface area contributed by atoms with Crippen LogP contribution in [0.2, 0.25) is 0 Å². The van der Waals surface area contributed by atoms with Gasteiger partial charge in [0.2, 0.25) is 5.89 Å². The fourth-order valence-corrected chi connectivity index (χ4v) is 4.45. The van der Waals surface area contributed by atoms with Crippen molar-refractivity contribution < 1.29 is 9.21 Å². The van der Waals surface area contributed by atoms with Crippen molar-refractivity contribution in [1.82, 2.24) is 25.0 Å². The molecule has 0 saturated carbocycles. The second-order valence-electron chi connectivity index (χ2n) is 7.45. The number of aryl methyl sites for hydroxylation is 1. The number of hydrogen-bond acceptors (Lipinski definition) is 5. The Labute approximate surface area is 157 Å². The van der Waals surface area contributed by atoms with Crippen LogP contribution in [-0.2, 0) is 6.54 Å². The number of nitrogens with one attached hydrogen (secondary N) is 1. The number of amides is 1. The molecule has 0 aliphatic carbocycles. The summed E-state index contributed by atoms with van der Waals surface area (Å²) in [4.78, 5) is 19.7. The number of fused-ring (bicyclic) bond motifs is 4. The summed E-state index contributed by atoms with van der Waals surface area (Å²) in [5, 5.41) is 8.72. The van der Waals surface area contributed by atoms with E-state index in [0.717, 1.165) is 36.1 Å². The lowest BCUT2D eigenvalue weighted by Gasteiger charge is -2.44. The maximum absolute atomic E-state index is 13.0. The highest BCUT2D eigenvalue weighted by Crippen LogP contribution is 2.29. The summed E-state index contributed by atoms with van der Waals surface area (Å²) in [7, 11) is 0. The molecule has 0 unspecified atom stereocenters. The molecule has 0 radical (unpaired) electrons. The molecule has 1 amide bonds. The van der Waals surface area contributed by atoms with Gasteiger partial charge in [0.25, 0.3) is 5.91 Å². The van der Waals surface area contributed by atoms with Crippen molar-refractivity contribution in [1.29, 1.82) is 0 Å². The van der Waals surface area contributed by atoms with Crippen molar-refractivity contribution in [3.63, 3.8) is 0 Å². The fraction of sp³-hybridized carbons (Fsp3) is 0.450. The fourth-order valence-electron chi connectivity index (χ4n) is 4.45. The number of carbonyl (C=O) groups excluding carboxylic acids is 1. The Hall–Kier alpha value is -2.67. The van der Waals surface area contributed by atoms with E-state index < -0.39 is 0 Å².